The summed E-state index contributed by atoms with van der Waals surface area (Å²) >= 11 is 0. The molecule has 0 spiro atoms. The van der Waals surface area contributed by atoms with E-state index in [9.17, 15) is 0 Å². The fraction of sp³-hybridized carbons (Fsp3) is 1.00. The van der Waals surface area contributed by atoms with Crippen molar-refractivity contribution in [2.24, 2.45) is 29.6 Å². The smallest absolute Gasteiger partial charge is 0.0587 e. The fourth-order valence-electron chi connectivity index (χ4n) is 5.36. The highest BCUT2D eigenvalue weighted by molar-refractivity contribution is 4.98. The van der Waals surface area contributed by atoms with Crippen LogP contribution < -0.4 is 5.32 Å². The first-order chi connectivity index (χ1) is 9.76. The molecule has 0 unspecified atom stereocenters. The maximum atomic E-state index is 5.06. The summed E-state index contributed by atoms with van der Waals surface area (Å²) in [5.41, 5.74) is 0. The number of hydrogen-bond donors (Lipinski definition) is 1. The number of hydrogen-bond acceptors (Lipinski definition) is 3. The lowest BCUT2D eigenvalue weighted by Crippen LogP contribution is -2.49. The molecule has 4 fully saturated rings. The molecule has 0 heterocycles. The van der Waals surface area contributed by atoms with Gasteiger partial charge in [0.2, 0.25) is 0 Å². The summed E-state index contributed by atoms with van der Waals surface area (Å²) in [6, 6.07) is 0. The first-order valence-corrected chi connectivity index (χ1v) is 8.64. The maximum Gasteiger partial charge on any atom is 0.0587 e. The van der Waals surface area contributed by atoms with Gasteiger partial charge < -0.3 is 15.0 Å². The average molecular weight is 280 g/mol. The van der Waals surface area contributed by atoms with Crippen molar-refractivity contribution >= 4 is 0 Å². The second-order valence-electron chi connectivity index (χ2n) is 7.60. The number of rotatable bonds is 8. The molecule has 0 aliphatic heterocycles. The molecule has 0 amide bonds. The summed E-state index contributed by atoms with van der Waals surface area (Å²) in [5.74, 6) is 5.35. The molecule has 0 saturated heterocycles. The van der Waals surface area contributed by atoms with Gasteiger partial charge in [-0.25, -0.2) is 0 Å². The second kappa shape index (κ2) is 6.76. The Hall–Kier alpha value is -0.120. The van der Waals surface area contributed by atoms with Crippen LogP contribution in [0.15, 0.2) is 0 Å². The van der Waals surface area contributed by atoms with E-state index in [1.807, 2.05) is 0 Å². The predicted octanol–water partition coefficient (Wildman–Crippen LogP) is 2.23. The Labute approximate surface area is 124 Å². The van der Waals surface area contributed by atoms with Crippen molar-refractivity contribution in [3.05, 3.63) is 0 Å². The van der Waals surface area contributed by atoms with E-state index in [0.717, 1.165) is 49.3 Å². The van der Waals surface area contributed by atoms with Crippen LogP contribution in [0.1, 0.15) is 32.1 Å². The fourth-order valence-corrected chi connectivity index (χ4v) is 5.36. The van der Waals surface area contributed by atoms with Gasteiger partial charge in [-0.3, -0.25) is 0 Å². The molecule has 0 aromatic carbocycles. The van der Waals surface area contributed by atoms with Gasteiger partial charge in [0.15, 0.2) is 0 Å². The maximum absolute atomic E-state index is 5.06. The van der Waals surface area contributed by atoms with Crippen molar-refractivity contribution in [3.8, 4) is 0 Å². The Kier molecular flexibility index (Phi) is 5.00. The molecule has 0 radical (unpaired) electrons. The first kappa shape index (κ1) is 14.8. The zero-order valence-corrected chi connectivity index (χ0v) is 13.3. The standard InChI is InChI=1S/C17H32N2O/c1-19(5-3-18-4-6-20-2)12-17-15-8-13-7-14(10-15)11-16(17)9-13/h13-18H,3-12H2,1-2H3. The lowest BCUT2D eigenvalue weighted by molar-refractivity contribution is -0.0465. The topological polar surface area (TPSA) is 24.5 Å². The molecule has 4 bridgehead atoms. The van der Waals surface area contributed by atoms with Gasteiger partial charge in [0, 0.05) is 33.3 Å². The van der Waals surface area contributed by atoms with Crippen LogP contribution in [-0.2, 0) is 4.74 Å². The van der Waals surface area contributed by atoms with Gasteiger partial charge in [-0.05, 0) is 68.7 Å². The van der Waals surface area contributed by atoms with Crippen LogP contribution in [0.4, 0.5) is 0 Å². The molecular weight excluding hydrogens is 248 g/mol. The van der Waals surface area contributed by atoms with Crippen LogP contribution in [0.3, 0.4) is 0 Å². The minimum atomic E-state index is 0.819. The molecule has 0 aromatic heterocycles. The predicted molar refractivity (Wildman–Crippen MR) is 82.8 cm³/mol. The Morgan fingerprint density at radius 1 is 1.00 bits per heavy atom. The molecule has 0 atom stereocenters. The van der Waals surface area contributed by atoms with Crippen LogP contribution in [0.25, 0.3) is 0 Å². The van der Waals surface area contributed by atoms with Crippen molar-refractivity contribution in [1.29, 1.82) is 0 Å². The molecule has 1 N–H and O–H groups in total. The van der Waals surface area contributed by atoms with Crippen molar-refractivity contribution in [2.75, 3.05) is 46.9 Å². The Morgan fingerprint density at radius 3 is 2.25 bits per heavy atom. The third kappa shape index (κ3) is 3.37. The summed E-state index contributed by atoms with van der Waals surface area (Å²) in [5, 5.41) is 3.45. The molecule has 4 aliphatic rings. The van der Waals surface area contributed by atoms with Crippen LogP contribution in [0.5, 0.6) is 0 Å². The Morgan fingerprint density at radius 2 is 1.65 bits per heavy atom. The molecule has 116 valence electrons. The summed E-state index contributed by atoms with van der Waals surface area (Å²) in [6.45, 7) is 5.39. The molecule has 4 rings (SSSR count). The van der Waals surface area contributed by atoms with E-state index >= 15 is 0 Å². The van der Waals surface area contributed by atoms with Crippen LogP contribution in [0.2, 0.25) is 0 Å². The normalized spacial score (nSPS) is 38.9. The number of likely N-dealkylation sites (N-methyl/N-ethyl adjacent to an activating group) is 1. The van der Waals surface area contributed by atoms with Gasteiger partial charge in [0.25, 0.3) is 0 Å². The van der Waals surface area contributed by atoms with E-state index in [2.05, 4.69) is 17.3 Å². The van der Waals surface area contributed by atoms with Crippen LogP contribution >= 0.6 is 0 Å². The number of nitrogens with one attached hydrogen (secondary N) is 1. The third-order valence-electron chi connectivity index (χ3n) is 6.10. The monoisotopic (exact) mass is 280 g/mol. The van der Waals surface area contributed by atoms with Crippen molar-refractivity contribution < 1.29 is 4.74 Å². The second-order valence-corrected chi connectivity index (χ2v) is 7.60. The first-order valence-electron chi connectivity index (χ1n) is 8.64. The summed E-state index contributed by atoms with van der Waals surface area (Å²) < 4.78 is 5.06. The molecule has 4 saturated carbocycles. The molecule has 4 aliphatic carbocycles. The largest absolute Gasteiger partial charge is 0.383 e. The summed E-state index contributed by atoms with van der Waals surface area (Å²) in [7, 11) is 4.07. The minimum Gasteiger partial charge on any atom is -0.383 e. The van der Waals surface area contributed by atoms with E-state index in [1.54, 1.807) is 39.2 Å². The summed E-state index contributed by atoms with van der Waals surface area (Å²) in [4.78, 5) is 2.56. The van der Waals surface area contributed by atoms with Gasteiger partial charge in [-0.15, -0.1) is 0 Å². The van der Waals surface area contributed by atoms with Crippen LogP contribution in [0, 0.1) is 29.6 Å². The highest BCUT2D eigenvalue weighted by Crippen LogP contribution is 2.56. The van der Waals surface area contributed by atoms with Crippen molar-refractivity contribution in [2.45, 2.75) is 32.1 Å². The zero-order valence-electron chi connectivity index (χ0n) is 13.3. The Bertz CT molecular complexity index is 279. The van der Waals surface area contributed by atoms with E-state index in [1.165, 1.54) is 13.1 Å². The average Bonchev–Trinajstić information content (AvgIpc) is 2.42. The number of methoxy groups -OCH3 is 1. The van der Waals surface area contributed by atoms with E-state index in [4.69, 9.17) is 4.74 Å². The molecule has 20 heavy (non-hydrogen) atoms. The summed E-state index contributed by atoms with van der Waals surface area (Å²) in [6.07, 6.45) is 7.78. The quantitative estimate of drug-likeness (QED) is 0.690. The molecule has 3 heteroatoms. The molecular formula is C17H32N2O. The van der Waals surface area contributed by atoms with Gasteiger partial charge in [0.05, 0.1) is 6.61 Å². The molecule has 0 aromatic rings. The lowest BCUT2D eigenvalue weighted by Gasteiger charge is -2.55. The Balaban J connectivity index is 1.39. The van der Waals surface area contributed by atoms with Gasteiger partial charge in [-0.1, -0.05) is 0 Å². The van der Waals surface area contributed by atoms with E-state index in [0.29, 0.717) is 0 Å². The molecule has 3 nitrogen and oxygen atoms in total. The van der Waals surface area contributed by atoms with Gasteiger partial charge in [-0.2, -0.15) is 0 Å². The highest BCUT2D eigenvalue weighted by Gasteiger charge is 2.47. The van der Waals surface area contributed by atoms with E-state index in [-0.39, 0.29) is 0 Å². The van der Waals surface area contributed by atoms with Crippen LogP contribution in [-0.4, -0.2) is 51.8 Å². The van der Waals surface area contributed by atoms with Gasteiger partial charge in [0.1, 0.15) is 0 Å². The van der Waals surface area contributed by atoms with E-state index < -0.39 is 0 Å². The SMILES string of the molecule is COCCNCCN(C)CC1C2CC3CC(C2)CC1C3. The highest BCUT2D eigenvalue weighted by atomic mass is 16.5. The number of ether oxygens (including phenoxy) is 1. The minimum absolute atomic E-state index is 0.819. The van der Waals surface area contributed by atoms with Gasteiger partial charge >= 0.3 is 0 Å². The number of nitrogens with zero attached hydrogens (tertiary/aromatic N) is 1. The van der Waals surface area contributed by atoms with Crippen molar-refractivity contribution in [1.82, 2.24) is 10.2 Å². The zero-order chi connectivity index (χ0) is 13.9. The lowest BCUT2D eigenvalue weighted by atomic mass is 9.52. The van der Waals surface area contributed by atoms with Crippen molar-refractivity contribution in [3.63, 3.8) is 0 Å². The third-order valence-corrected chi connectivity index (χ3v) is 6.10.